The van der Waals surface area contributed by atoms with Crippen molar-refractivity contribution in [1.29, 1.82) is 0 Å². The number of amides is 1. The number of fused-ring (bicyclic) bond motifs is 1. The second-order valence-corrected chi connectivity index (χ2v) is 7.73. The van der Waals surface area contributed by atoms with Crippen LogP contribution in [0, 0.1) is 6.92 Å². The number of nitrogens with one attached hydrogen (secondary N) is 1. The average molecular weight is 452 g/mol. The zero-order chi connectivity index (χ0) is 23.8. The molecule has 1 aromatic heterocycles. The van der Waals surface area contributed by atoms with Gasteiger partial charge in [-0.25, -0.2) is 0 Å². The predicted molar refractivity (Wildman–Crippen MR) is 132 cm³/mol. The van der Waals surface area contributed by atoms with Crippen LogP contribution in [-0.4, -0.2) is 39.4 Å². The third-order valence-corrected chi connectivity index (χ3v) is 5.47. The summed E-state index contributed by atoms with van der Waals surface area (Å²) in [6.07, 6.45) is 4.17. The molecule has 6 nitrogen and oxygen atoms in total. The lowest BCUT2D eigenvalue weighted by Crippen LogP contribution is -2.23. The van der Waals surface area contributed by atoms with Crippen molar-refractivity contribution < 1.29 is 23.4 Å². The summed E-state index contributed by atoms with van der Waals surface area (Å²) in [6.45, 7) is 10.2. The van der Waals surface area contributed by atoms with Gasteiger partial charge in [-0.15, -0.1) is 0 Å². The molecule has 1 N–H and O–H groups in total. The molecule has 1 amide bonds. The van der Waals surface area contributed by atoms with E-state index in [1.807, 2.05) is 58.0 Å². The third-order valence-electron chi connectivity index (χ3n) is 5.47. The highest BCUT2D eigenvalue weighted by molar-refractivity contribution is 6.01. The first-order chi connectivity index (χ1) is 16.0. The SMILES string of the molecule is CCOCCCNC(=O)/C=C(\C)c1cc2c(-c3ccc(OC)cc3)coc2c(C)c1OCC. The van der Waals surface area contributed by atoms with Crippen LogP contribution in [0.5, 0.6) is 11.5 Å². The summed E-state index contributed by atoms with van der Waals surface area (Å²) >= 11 is 0. The topological polar surface area (TPSA) is 69.9 Å². The van der Waals surface area contributed by atoms with Gasteiger partial charge in [0.15, 0.2) is 0 Å². The molecule has 0 unspecified atom stereocenters. The minimum absolute atomic E-state index is 0.133. The van der Waals surface area contributed by atoms with E-state index in [4.69, 9.17) is 18.6 Å². The van der Waals surface area contributed by atoms with E-state index in [-0.39, 0.29) is 5.91 Å². The Kier molecular flexibility index (Phi) is 8.55. The van der Waals surface area contributed by atoms with Gasteiger partial charge in [-0.05, 0) is 63.5 Å². The van der Waals surface area contributed by atoms with Crippen molar-refractivity contribution in [2.75, 3.05) is 33.5 Å². The van der Waals surface area contributed by atoms with Crippen molar-refractivity contribution in [3.05, 3.63) is 53.8 Å². The molecule has 3 rings (SSSR count). The molecule has 0 aliphatic carbocycles. The van der Waals surface area contributed by atoms with Crippen molar-refractivity contribution in [2.45, 2.75) is 34.1 Å². The number of hydrogen-bond acceptors (Lipinski definition) is 5. The van der Waals surface area contributed by atoms with E-state index in [0.717, 1.165) is 56.7 Å². The lowest BCUT2D eigenvalue weighted by molar-refractivity contribution is -0.116. The van der Waals surface area contributed by atoms with E-state index in [2.05, 4.69) is 5.32 Å². The van der Waals surface area contributed by atoms with Gasteiger partial charge in [0.2, 0.25) is 5.91 Å². The largest absolute Gasteiger partial charge is 0.497 e. The standard InChI is InChI=1S/C27H33NO5/c1-6-31-14-8-13-28-25(29)15-18(3)22-16-23-24(20-9-11-21(30-5)12-10-20)17-33-27(23)19(4)26(22)32-7-2/h9-12,15-17H,6-8,13-14H2,1-5H3,(H,28,29)/b18-15+. The fraction of sp³-hybridized carbons (Fsp3) is 0.370. The molecule has 0 radical (unpaired) electrons. The van der Waals surface area contributed by atoms with E-state index in [0.29, 0.717) is 26.4 Å². The van der Waals surface area contributed by atoms with Crippen LogP contribution in [0.1, 0.15) is 38.3 Å². The smallest absolute Gasteiger partial charge is 0.244 e. The number of carbonyl (C=O) groups is 1. The van der Waals surface area contributed by atoms with Crippen LogP contribution in [0.25, 0.3) is 27.7 Å². The molecule has 0 atom stereocenters. The van der Waals surface area contributed by atoms with Gasteiger partial charge in [0.1, 0.15) is 17.1 Å². The maximum absolute atomic E-state index is 12.5. The molecular weight excluding hydrogens is 418 g/mol. The van der Waals surface area contributed by atoms with Crippen molar-refractivity contribution >= 4 is 22.4 Å². The van der Waals surface area contributed by atoms with Crippen molar-refractivity contribution in [2.24, 2.45) is 0 Å². The van der Waals surface area contributed by atoms with E-state index in [1.54, 1.807) is 19.4 Å². The summed E-state index contributed by atoms with van der Waals surface area (Å²) in [5.74, 6) is 1.40. The fourth-order valence-electron chi connectivity index (χ4n) is 3.79. The first-order valence-corrected chi connectivity index (χ1v) is 11.4. The van der Waals surface area contributed by atoms with Crippen LogP contribution in [-0.2, 0) is 9.53 Å². The molecule has 176 valence electrons. The summed E-state index contributed by atoms with van der Waals surface area (Å²) in [7, 11) is 1.65. The summed E-state index contributed by atoms with van der Waals surface area (Å²) in [4.78, 5) is 12.5. The second kappa shape index (κ2) is 11.6. The summed E-state index contributed by atoms with van der Waals surface area (Å²) in [5, 5.41) is 3.90. The van der Waals surface area contributed by atoms with Gasteiger partial charge in [-0.3, -0.25) is 4.79 Å². The molecule has 0 saturated carbocycles. The molecule has 3 aromatic rings. The number of furan rings is 1. The Morgan fingerprint density at radius 2 is 1.91 bits per heavy atom. The van der Waals surface area contributed by atoms with E-state index >= 15 is 0 Å². The number of rotatable bonds is 11. The molecule has 33 heavy (non-hydrogen) atoms. The zero-order valence-corrected chi connectivity index (χ0v) is 20.1. The number of aryl methyl sites for hydroxylation is 1. The maximum Gasteiger partial charge on any atom is 0.244 e. The second-order valence-electron chi connectivity index (χ2n) is 7.73. The van der Waals surface area contributed by atoms with Crippen LogP contribution in [0.4, 0.5) is 0 Å². The predicted octanol–water partition coefficient (Wildman–Crippen LogP) is 5.76. The molecule has 0 fully saturated rings. The Bertz CT molecular complexity index is 1110. The number of carbonyl (C=O) groups excluding carboxylic acids is 1. The number of hydrogen-bond donors (Lipinski definition) is 1. The molecule has 0 saturated heterocycles. The zero-order valence-electron chi connectivity index (χ0n) is 20.1. The molecule has 0 aliphatic rings. The molecule has 2 aromatic carbocycles. The van der Waals surface area contributed by atoms with Crippen LogP contribution < -0.4 is 14.8 Å². The molecule has 6 heteroatoms. The summed E-state index contributed by atoms with van der Waals surface area (Å²) in [6, 6.07) is 9.92. The van der Waals surface area contributed by atoms with Crippen molar-refractivity contribution in [3.63, 3.8) is 0 Å². The van der Waals surface area contributed by atoms with Gasteiger partial charge in [0.05, 0.1) is 20.0 Å². The first-order valence-electron chi connectivity index (χ1n) is 11.4. The quantitative estimate of drug-likeness (QED) is 0.296. The molecular formula is C27H33NO5. The van der Waals surface area contributed by atoms with Gasteiger partial charge in [-0.2, -0.15) is 0 Å². The highest BCUT2D eigenvalue weighted by Gasteiger charge is 2.19. The van der Waals surface area contributed by atoms with E-state index in [1.165, 1.54) is 0 Å². The number of methoxy groups -OCH3 is 1. The third kappa shape index (κ3) is 5.76. The van der Waals surface area contributed by atoms with Crippen LogP contribution in [0.3, 0.4) is 0 Å². The van der Waals surface area contributed by atoms with Gasteiger partial charge in [0, 0.05) is 47.9 Å². The van der Waals surface area contributed by atoms with Crippen molar-refractivity contribution in [1.82, 2.24) is 5.32 Å². The van der Waals surface area contributed by atoms with Gasteiger partial charge >= 0.3 is 0 Å². The number of ether oxygens (including phenoxy) is 3. The molecule has 0 bridgehead atoms. The molecule has 0 aliphatic heterocycles. The molecule has 0 spiro atoms. The Morgan fingerprint density at radius 1 is 1.15 bits per heavy atom. The summed E-state index contributed by atoms with van der Waals surface area (Å²) in [5.41, 5.74) is 5.40. The van der Waals surface area contributed by atoms with Crippen molar-refractivity contribution in [3.8, 4) is 22.6 Å². The van der Waals surface area contributed by atoms with Crippen LogP contribution in [0.15, 0.2) is 47.1 Å². The highest BCUT2D eigenvalue weighted by atomic mass is 16.5. The lowest BCUT2D eigenvalue weighted by atomic mass is 9.96. The van der Waals surface area contributed by atoms with E-state index < -0.39 is 0 Å². The van der Waals surface area contributed by atoms with Gasteiger partial charge in [-0.1, -0.05) is 12.1 Å². The average Bonchev–Trinajstić information content (AvgIpc) is 3.25. The minimum Gasteiger partial charge on any atom is -0.497 e. The van der Waals surface area contributed by atoms with Crippen LogP contribution >= 0.6 is 0 Å². The maximum atomic E-state index is 12.5. The van der Waals surface area contributed by atoms with Gasteiger partial charge in [0.25, 0.3) is 0 Å². The van der Waals surface area contributed by atoms with Gasteiger partial charge < -0.3 is 23.9 Å². The fourth-order valence-corrected chi connectivity index (χ4v) is 3.79. The Hall–Kier alpha value is -3.25. The monoisotopic (exact) mass is 451 g/mol. The highest BCUT2D eigenvalue weighted by Crippen LogP contribution is 2.41. The number of allylic oxidation sites excluding steroid dienone is 1. The summed E-state index contributed by atoms with van der Waals surface area (Å²) < 4.78 is 22.5. The number of benzene rings is 2. The Labute approximate surface area is 195 Å². The Balaban J connectivity index is 1.96. The normalized spacial score (nSPS) is 11.6. The minimum atomic E-state index is -0.133. The lowest BCUT2D eigenvalue weighted by Gasteiger charge is -2.15. The van der Waals surface area contributed by atoms with Crippen LogP contribution in [0.2, 0.25) is 0 Å². The van der Waals surface area contributed by atoms with E-state index in [9.17, 15) is 4.79 Å². The Morgan fingerprint density at radius 3 is 2.58 bits per heavy atom. The molecule has 1 heterocycles. The first kappa shape index (κ1) is 24.4.